The predicted molar refractivity (Wildman–Crippen MR) is 66.0 cm³/mol. The molecule has 2 nitrogen and oxygen atoms in total. The van der Waals surface area contributed by atoms with Gasteiger partial charge >= 0.3 is 0 Å². The van der Waals surface area contributed by atoms with Crippen LogP contribution in [0.4, 0.5) is 0 Å². The molecule has 0 atom stereocenters. The van der Waals surface area contributed by atoms with Gasteiger partial charge in [0.05, 0.1) is 5.69 Å². The van der Waals surface area contributed by atoms with Gasteiger partial charge in [0.25, 0.3) is 0 Å². The van der Waals surface area contributed by atoms with Crippen molar-refractivity contribution in [2.24, 2.45) is 7.05 Å². The zero-order valence-corrected chi connectivity index (χ0v) is 10.5. The van der Waals surface area contributed by atoms with Crippen LogP contribution in [0.2, 0.25) is 0 Å². The van der Waals surface area contributed by atoms with Crippen LogP contribution >= 0.6 is 15.9 Å². The lowest BCUT2D eigenvalue weighted by Gasteiger charge is -2.02. The van der Waals surface area contributed by atoms with Gasteiger partial charge in [0.2, 0.25) is 0 Å². The fourth-order valence-electron chi connectivity index (χ4n) is 1.63. The summed E-state index contributed by atoms with van der Waals surface area (Å²) in [5.74, 6) is 1.02. The standard InChI is InChI=1S/C12H13BrN2/c1-9-8-15(2)12(14-9)11-5-3-10(7-13)4-6-11/h3-6,8H,7H2,1-2H3. The van der Waals surface area contributed by atoms with Gasteiger partial charge in [-0.25, -0.2) is 4.98 Å². The number of aromatic nitrogens is 2. The van der Waals surface area contributed by atoms with Crippen molar-refractivity contribution in [3.8, 4) is 11.4 Å². The lowest BCUT2D eigenvalue weighted by atomic mass is 10.1. The molecule has 1 aromatic carbocycles. The second-order valence-electron chi connectivity index (χ2n) is 3.65. The minimum absolute atomic E-state index is 0.896. The summed E-state index contributed by atoms with van der Waals surface area (Å²) in [5.41, 5.74) is 3.50. The highest BCUT2D eigenvalue weighted by atomic mass is 79.9. The van der Waals surface area contributed by atoms with E-state index in [-0.39, 0.29) is 0 Å². The molecule has 0 aliphatic rings. The van der Waals surface area contributed by atoms with Gasteiger partial charge in [-0.15, -0.1) is 0 Å². The molecule has 0 aliphatic carbocycles. The zero-order valence-electron chi connectivity index (χ0n) is 8.87. The van der Waals surface area contributed by atoms with Crippen molar-refractivity contribution in [3.05, 3.63) is 41.7 Å². The first-order chi connectivity index (χ1) is 7.20. The number of imidazole rings is 1. The molecule has 3 heteroatoms. The molecule has 1 aromatic heterocycles. The van der Waals surface area contributed by atoms with Crippen LogP contribution < -0.4 is 0 Å². The number of benzene rings is 1. The third kappa shape index (κ3) is 2.12. The second-order valence-corrected chi connectivity index (χ2v) is 4.21. The van der Waals surface area contributed by atoms with Gasteiger partial charge in [-0.3, -0.25) is 0 Å². The Morgan fingerprint density at radius 3 is 2.40 bits per heavy atom. The van der Waals surface area contributed by atoms with Crippen molar-refractivity contribution >= 4 is 15.9 Å². The van der Waals surface area contributed by atoms with Gasteiger partial charge < -0.3 is 4.57 Å². The van der Waals surface area contributed by atoms with Crippen LogP contribution in [0.1, 0.15) is 11.3 Å². The maximum Gasteiger partial charge on any atom is 0.139 e. The summed E-state index contributed by atoms with van der Waals surface area (Å²) < 4.78 is 2.05. The lowest BCUT2D eigenvalue weighted by Crippen LogP contribution is -1.91. The Labute approximate surface area is 98.1 Å². The number of hydrogen-bond donors (Lipinski definition) is 0. The summed E-state index contributed by atoms with van der Waals surface area (Å²) in [6.45, 7) is 2.01. The Bertz CT molecular complexity index is 457. The fraction of sp³-hybridized carbons (Fsp3) is 0.250. The molecule has 0 saturated carbocycles. The number of nitrogens with zero attached hydrogens (tertiary/aromatic N) is 2. The van der Waals surface area contributed by atoms with Crippen LogP contribution in [0.25, 0.3) is 11.4 Å². The van der Waals surface area contributed by atoms with Crippen molar-refractivity contribution in [1.29, 1.82) is 0 Å². The Morgan fingerprint density at radius 1 is 1.27 bits per heavy atom. The molecule has 0 amide bonds. The van der Waals surface area contributed by atoms with Gasteiger partial charge in [0.1, 0.15) is 5.82 Å². The largest absolute Gasteiger partial charge is 0.334 e. The van der Waals surface area contributed by atoms with E-state index >= 15 is 0 Å². The summed E-state index contributed by atoms with van der Waals surface area (Å²) in [7, 11) is 2.02. The third-order valence-electron chi connectivity index (χ3n) is 2.36. The average molecular weight is 265 g/mol. The molecule has 0 bridgehead atoms. The second kappa shape index (κ2) is 4.19. The maximum atomic E-state index is 4.49. The van der Waals surface area contributed by atoms with Crippen molar-refractivity contribution < 1.29 is 0 Å². The van der Waals surface area contributed by atoms with Gasteiger partial charge in [-0.2, -0.15) is 0 Å². The zero-order chi connectivity index (χ0) is 10.8. The molecule has 0 aliphatic heterocycles. The molecule has 0 radical (unpaired) electrons. The van der Waals surface area contributed by atoms with Crippen LogP contribution in [-0.4, -0.2) is 9.55 Å². The van der Waals surface area contributed by atoms with Crippen molar-refractivity contribution in [3.63, 3.8) is 0 Å². The molecular formula is C12H13BrN2. The molecule has 2 aromatic rings. The maximum absolute atomic E-state index is 4.49. The van der Waals surface area contributed by atoms with Crippen LogP contribution in [0.5, 0.6) is 0 Å². The summed E-state index contributed by atoms with van der Waals surface area (Å²) in [4.78, 5) is 4.49. The predicted octanol–water partition coefficient (Wildman–Crippen LogP) is 3.29. The smallest absolute Gasteiger partial charge is 0.139 e. The van der Waals surface area contributed by atoms with E-state index in [1.165, 1.54) is 5.56 Å². The molecule has 78 valence electrons. The van der Waals surface area contributed by atoms with Crippen LogP contribution in [0.15, 0.2) is 30.5 Å². The quantitative estimate of drug-likeness (QED) is 0.762. The minimum Gasteiger partial charge on any atom is -0.334 e. The summed E-state index contributed by atoms with van der Waals surface area (Å²) in [5, 5.41) is 0.896. The van der Waals surface area contributed by atoms with E-state index in [1.807, 2.05) is 20.2 Å². The Kier molecular flexibility index (Phi) is 2.91. The molecule has 2 rings (SSSR count). The highest BCUT2D eigenvalue weighted by Crippen LogP contribution is 2.19. The molecule has 0 saturated heterocycles. The van der Waals surface area contributed by atoms with E-state index in [2.05, 4.69) is 49.7 Å². The highest BCUT2D eigenvalue weighted by Gasteiger charge is 2.04. The molecular weight excluding hydrogens is 252 g/mol. The summed E-state index contributed by atoms with van der Waals surface area (Å²) in [6, 6.07) is 8.46. The van der Waals surface area contributed by atoms with E-state index < -0.39 is 0 Å². The SMILES string of the molecule is Cc1cn(C)c(-c2ccc(CBr)cc2)n1. The molecule has 0 unspecified atom stereocenters. The highest BCUT2D eigenvalue weighted by molar-refractivity contribution is 9.08. The first kappa shape index (κ1) is 10.4. The first-order valence-electron chi connectivity index (χ1n) is 4.86. The third-order valence-corrected chi connectivity index (χ3v) is 3.01. The Morgan fingerprint density at radius 2 is 1.93 bits per heavy atom. The van der Waals surface area contributed by atoms with Gasteiger partial charge in [0.15, 0.2) is 0 Å². The summed E-state index contributed by atoms with van der Waals surface area (Å²) in [6.07, 6.45) is 2.04. The van der Waals surface area contributed by atoms with Crippen LogP contribution in [-0.2, 0) is 12.4 Å². The van der Waals surface area contributed by atoms with Crippen molar-refractivity contribution in [2.75, 3.05) is 0 Å². The van der Waals surface area contributed by atoms with E-state index in [0.29, 0.717) is 0 Å². The number of halogens is 1. The molecule has 0 N–H and O–H groups in total. The van der Waals surface area contributed by atoms with E-state index in [1.54, 1.807) is 0 Å². The summed E-state index contributed by atoms with van der Waals surface area (Å²) >= 11 is 3.44. The Hall–Kier alpha value is -1.09. The van der Waals surface area contributed by atoms with E-state index in [9.17, 15) is 0 Å². The number of alkyl halides is 1. The van der Waals surface area contributed by atoms with Crippen molar-refractivity contribution in [1.82, 2.24) is 9.55 Å². The fourth-order valence-corrected chi connectivity index (χ4v) is 2.00. The van der Waals surface area contributed by atoms with Crippen LogP contribution in [0, 0.1) is 6.92 Å². The number of rotatable bonds is 2. The average Bonchev–Trinajstić information content (AvgIpc) is 2.58. The monoisotopic (exact) mass is 264 g/mol. The van der Waals surface area contributed by atoms with Crippen molar-refractivity contribution in [2.45, 2.75) is 12.3 Å². The Balaban J connectivity index is 2.41. The number of aryl methyl sites for hydroxylation is 2. The molecule has 0 fully saturated rings. The number of hydrogen-bond acceptors (Lipinski definition) is 1. The minimum atomic E-state index is 0.896. The molecule has 15 heavy (non-hydrogen) atoms. The van der Waals surface area contributed by atoms with E-state index in [4.69, 9.17) is 0 Å². The van der Waals surface area contributed by atoms with E-state index in [0.717, 1.165) is 22.4 Å². The topological polar surface area (TPSA) is 17.8 Å². The molecule has 0 spiro atoms. The van der Waals surface area contributed by atoms with Gasteiger partial charge in [0, 0.05) is 24.1 Å². The first-order valence-corrected chi connectivity index (χ1v) is 5.98. The van der Waals surface area contributed by atoms with Crippen LogP contribution in [0.3, 0.4) is 0 Å². The van der Waals surface area contributed by atoms with Gasteiger partial charge in [-0.05, 0) is 12.5 Å². The van der Waals surface area contributed by atoms with Gasteiger partial charge in [-0.1, -0.05) is 40.2 Å². The molecule has 1 heterocycles. The normalized spacial score (nSPS) is 10.6. The lowest BCUT2D eigenvalue weighted by molar-refractivity contribution is 0.924.